The summed E-state index contributed by atoms with van der Waals surface area (Å²) in [7, 11) is 0. The van der Waals surface area contributed by atoms with Crippen LogP contribution in [-0.4, -0.2) is 11.1 Å². The summed E-state index contributed by atoms with van der Waals surface area (Å²) in [5.41, 5.74) is 1.10. The van der Waals surface area contributed by atoms with E-state index in [2.05, 4.69) is 5.10 Å². The Bertz CT molecular complexity index is 394. The Kier molecular flexibility index (Phi) is 4.13. The zero-order valence-electron chi connectivity index (χ0n) is 8.54. The van der Waals surface area contributed by atoms with E-state index in [1.807, 2.05) is 24.5 Å². The molecule has 1 aromatic rings. The molecule has 0 aliphatic rings. The zero-order valence-corrected chi connectivity index (χ0v) is 9.36. The number of rotatable bonds is 3. The zero-order chi connectivity index (χ0) is 11.3. The second-order valence-electron chi connectivity index (χ2n) is 3.05. The molecule has 1 aromatic heterocycles. The first kappa shape index (κ1) is 11.5. The normalized spacial score (nSPS) is 13.3. The maximum Gasteiger partial charge on any atom is 0.202 e. The maximum atomic E-state index is 11.4. The smallest absolute Gasteiger partial charge is 0.202 e. The Balaban J connectivity index is 2.79. The SMILES string of the molecule is Cc1cc[n+](/N=C(/[O-])C(C)SC#N)cc1. The van der Waals surface area contributed by atoms with Crippen LogP contribution in [0.1, 0.15) is 12.5 Å². The molecule has 0 N–H and O–H groups in total. The second-order valence-corrected chi connectivity index (χ2v) is 4.17. The van der Waals surface area contributed by atoms with Crippen molar-refractivity contribution in [1.82, 2.24) is 0 Å². The van der Waals surface area contributed by atoms with Crippen LogP contribution >= 0.6 is 11.8 Å². The fraction of sp³-hybridized carbons (Fsp3) is 0.300. The highest BCUT2D eigenvalue weighted by Gasteiger charge is 2.04. The molecule has 0 aliphatic heterocycles. The highest BCUT2D eigenvalue weighted by atomic mass is 32.2. The number of pyridine rings is 1. The fourth-order valence-electron chi connectivity index (χ4n) is 0.884. The van der Waals surface area contributed by atoms with Crippen LogP contribution < -0.4 is 9.78 Å². The van der Waals surface area contributed by atoms with E-state index in [1.165, 1.54) is 4.68 Å². The summed E-state index contributed by atoms with van der Waals surface area (Å²) in [5.74, 6) is -0.310. The lowest BCUT2D eigenvalue weighted by atomic mass is 10.3. The van der Waals surface area contributed by atoms with Crippen LogP contribution in [-0.2, 0) is 0 Å². The van der Waals surface area contributed by atoms with Crippen molar-refractivity contribution in [3.8, 4) is 5.40 Å². The van der Waals surface area contributed by atoms with Crippen molar-refractivity contribution in [3.63, 3.8) is 0 Å². The number of aryl methyl sites for hydroxylation is 1. The van der Waals surface area contributed by atoms with Gasteiger partial charge in [-0.15, -0.1) is 0 Å². The molecule has 1 rings (SSSR count). The third-order valence-corrected chi connectivity index (χ3v) is 2.43. The van der Waals surface area contributed by atoms with Gasteiger partial charge in [0.05, 0.1) is 5.25 Å². The topological polar surface area (TPSA) is 63.1 Å². The number of nitriles is 1. The average molecular weight is 221 g/mol. The van der Waals surface area contributed by atoms with Crippen molar-refractivity contribution >= 4 is 17.7 Å². The molecular formula is C10H11N3OS. The molecule has 0 bridgehead atoms. The van der Waals surface area contributed by atoms with E-state index in [1.54, 1.807) is 19.3 Å². The van der Waals surface area contributed by atoms with Crippen molar-refractivity contribution in [2.45, 2.75) is 19.1 Å². The van der Waals surface area contributed by atoms with Gasteiger partial charge in [0, 0.05) is 18.0 Å². The van der Waals surface area contributed by atoms with E-state index < -0.39 is 5.25 Å². The Morgan fingerprint density at radius 2 is 2.20 bits per heavy atom. The van der Waals surface area contributed by atoms with Gasteiger partial charge in [-0.2, -0.15) is 5.26 Å². The number of hydrogen-bond acceptors (Lipinski definition) is 4. The molecule has 0 radical (unpaired) electrons. The van der Waals surface area contributed by atoms with Gasteiger partial charge in [0.15, 0.2) is 0 Å². The van der Waals surface area contributed by atoms with Crippen LogP contribution in [0.15, 0.2) is 29.6 Å². The molecule has 0 saturated carbocycles. The van der Waals surface area contributed by atoms with Gasteiger partial charge in [-0.3, -0.25) is 0 Å². The first-order chi connectivity index (χ1) is 7.13. The highest BCUT2D eigenvalue weighted by molar-refractivity contribution is 8.04. The Labute approximate surface area is 92.9 Å². The first-order valence-corrected chi connectivity index (χ1v) is 5.30. The van der Waals surface area contributed by atoms with Gasteiger partial charge in [0.2, 0.25) is 12.4 Å². The van der Waals surface area contributed by atoms with Crippen molar-refractivity contribution in [1.29, 1.82) is 5.26 Å². The monoisotopic (exact) mass is 221 g/mol. The summed E-state index contributed by atoms with van der Waals surface area (Å²) in [6.45, 7) is 3.62. The van der Waals surface area contributed by atoms with Crippen molar-refractivity contribution in [3.05, 3.63) is 30.1 Å². The summed E-state index contributed by atoms with van der Waals surface area (Å²) in [5, 5.41) is 25.1. The molecule has 1 heterocycles. The standard InChI is InChI=1S/C10H11N3OS/c1-8-3-5-13(6-4-8)12-10(14)9(2)15-7-11/h3-6,9H,1-2H3. The highest BCUT2D eigenvalue weighted by Crippen LogP contribution is 2.06. The average Bonchev–Trinajstić information content (AvgIpc) is 2.22. The molecule has 0 aliphatic carbocycles. The molecule has 15 heavy (non-hydrogen) atoms. The van der Waals surface area contributed by atoms with E-state index in [9.17, 15) is 5.11 Å². The van der Waals surface area contributed by atoms with Gasteiger partial charge in [0.1, 0.15) is 5.40 Å². The first-order valence-electron chi connectivity index (χ1n) is 4.42. The van der Waals surface area contributed by atoms with Gasteiger partial charge in [0.25, 0.3) is 0 Å². The lowest BCUT2D eigenvalue weighted by Crippen LogP contribution is -2.37. The van der Waals surface area contributed by atoms with E-state index in [0.29, 0.717) is 0 Å². The molecule has 78 valence electrons. The van der Waals surface area contributed by atoms with Crippen LogP contribution in [0, 0.1) is 17.6 Å². The molecule has 0 aromatic carbocycles. The number of nitrogens with zero attached hydrogens (tertiary/aromatic N) is 3. The minimum Gasteiger partial charge on any atom is -0.857 e. The summed E-state index contributed by atoms with van der Waals surface area (Å²) < 4.78 is 1.45. The molecule has 1 atom stereocenters. The van der Waals surface area contributed by atoms with Crippen LogP contribution in [0.4, 0.5) is 0 Å². The van der Waals surface area contributed by atoms with Crippen LogP contribution in [0.3, 0.4) is 0 Å². The van der Waals surface area contributed by atoms with Crippen LogP contribution in [0.2, 0.25) is 0 Å². The fourth-order valence-corrected chi connectivity index (χ4v) is 1.19. The largest absolute Gasteiger partial charge is 0.857 e. The van der Waals surface area contributed by atoms with Gasteiger partial charge in [-0.05, 0) is 36.3 Å². The van der Waals surface area contributed by atoms with Crippen LogP contribution in [0.5, 0.6) is 0 Å². The molecular weight excluding hydrogens is 210 g/mol. The predicted octanol–water partition coefficient (Wildman–Crippen LogP) is 0.407. The number of aromatic nitrogens is 1. The Hall–Kier alpha value is -1.54. The van der Waals surface area contributed by atoms with Gasteiger partial charge < -0.3 is 5.11 Å². The van der Waals surface area contributed by atoms with Crippen molar-refractivity contribution < 1.29 is 9.78 Å². The van der Waals surface area contributed by atoms with E-state index in [4.69, 9.17) is 5.26 Å². The van der Waals surface area contributed by atoms with Gasteiger partial charge >= 0.3 is 0 Å². The van der Waals surface area contributed by atoms with Gasteiger partial charge in [-0.1, -0.05) is 4.68 Å². The predicted molar refractivity (Wildman–Crippen MR) is 56.9 cm³/mol. The van der Waals surface area contributed by atoms with Crippen molar-refractivity contribution in [2.24, 2.45) is 5.10 Å². The third-order valence-electron chi connectivity index (χ3n) is 1.77. The van der Waals surface area contributed by atoms with Gasteiger partial charge in [-0.25, -0.2) is 0 Å². The minimum atomic E-state index is -0.427. The summed E-state index contributed by atoms with van der Waals surface area (Å²) >= 11 is 0.911. The Morgan fingerprint density at radius 3 is 2.73 bits per heavy atom. The maximum absolute atomic E-state index is 11.4. The quantitative estimate of drug-likeness (QED) is 0.321. The van der Waals surface area contributed by atoms with Crippen molar-refractivity contribution in [2.75, 3.05) is 0 Å². The number of hydrogen-bond donors (Lipinski definition) is 0. The lowest BCUT2D eigenvalue weighted by Gasteiger charge is -2.10. The summed E-state index contributed by atoms with van der Waals surface area (Å²) in [6, 6.07) is 3.72. The summed E-state index contributed by atoms with van der Waals surface area (Å²) in [4.78, 5) is 0. The molecule has 0 amide bonds. The molecule has 0 spiro atoms. The number of thiocyanates is 1. The minimum absolute atomic E-state index is 0.310. The number of thioether (sulfide) groups is 1. The third kappa shape index (κ3) is 3.60. The molecule has 0 fully saturated rings. The molecule has 4 nitrogen and oxygen atoms in total. The molecule has 1 unspecified atom stereocenters. The van der Waals surface area contributed by atoms with Crippen LogP contribution in [0.25, 0.3) is 0 Å². The lowest BCUT2D eigenvalue weighted by molar-refractivity contribution is -0.681. The summed E-state index contributed by atoms with van der Waals surface area (Å²) in [6.07, 6.45) is 3.41. The molecule has 0 saturated heterocycles. The van der Waals surface area contributed by atoms with E-state index in [0.717, 1.165) is 17.3 Å². The molecule has 5 heteroatoms. The van der Waals surface area contributed by atoms with E-state index >= 15 is 0 Å². The second kappa shape index (κ2) is 5.37. The Morgan fingerprint density at radius 1 is 1.60 bits per heavy atom. The van der Waals surface area contributed by atoms with E-state index in [-0.39, 0.29) is 5.90 Å².